The Balaban J connectivity index is 2.16. The van der Waals surface area contributed by atoms with Gasteiger partial charge in [0.1, 0.15) is 0 Å². The maximum atomic E-state index is 11.9. The van der Waals surface area contributed by atoms with E-state index in [0.717, 1.165) is 6.07 Å². The fraction of sp³-hybridized carbons (Fsp3) is 0.0667. The van der Waals surface area contributed by atoms with Crippen molar-refractivity contribution in [2.75, 3.05) is 12.8 Å². The summed E-state index contributed by atoms with van der Waals surface area (Å²) >= 11 is 0. The van der Waals surface area contributed by atoms with Crippen LogP contribution in [0.15, 0.2) is 41.5 Å². The van der Waals surface area contributed by atoms with Crippen LogP contribution in [0, 0.1) is 10.1 Å². The van der Waals surface area contributed by atoms with Crippen molar-refractivity contribution in [3.63, 3.8) is 0 Å². The number of carbonyl (C=O) groups is 1. The van der Waals surface area contributed by atoms with E-state index < -0.39 is 22.3 Å². The van der Waals surface area contributed by atoms with Crippen LogP contribution in [0.4, 0.5) is 11.4 Å². The molecule has 0 bridgehead atoms. The highest BCUT2D eigenvalue weighted by Crippen LogP contribution is 2.36. The Hall–Kier alpha value is -3.62. The fourth-order valence-electron chi connectivity index (χ4n) is 1.85. The number of nitrogens with zero attached hydrogens (tertiary/aromatic N) is 2. The van der Waals surface area contributed by atoms with Crippen LogP contribution in [0.25, 0.3) is 0 Å². The fourth-order valence-corrected chi connectivity index (χ4v) is 1.85. The molecule has 2 aromatic carbocycles. The van der Waals surface area contributed by atoms with Crippen molar-refractivity contribution in [1.29, 1.82) is 0 Å². The molecule has 9 nitrogen and oxygen atoms in total. The molecule has 0 spiro atoms. The lowest BCUT2D eigenvalue weighted by Crippen LogP contribution is -2.17. The van der Waals surface area contributed by atoms with E-state index in [1.54, 1.807) is 12.1 Å². The molecule has 0 heterocycles. The average molecular weight is 330 g/mol. The first-order chi connectivity index (χ1) is 11.4. The van der Waals surface area contributed by atoms with Gasteiger partial charge in [0, 0.05) is 22.9 Å². The Labute approximate surface area is 136 Å². The minimum atomic E-state index is -0.748. The Morgan fingerprint density at radius 3 is 2.62 bits per heavy atom. The van der Waals surface area contributed by atoms with Gasteiger partial charge in [0.05, 0.1) is 18.2 Å². The quantitative estimate of drug-likeness (QED) is 0.329. The maximum absolute atomic E-state index is 11.9. The molecule has 0 fully saturated rings. The molecule has 0 radical (unpaired) electrons. The molecule has 0 saturated heterocycles. The normalized spacial score (nSPS) is 10.5. The zero-order valence-electron chi connectivity index (χ0n) is 12.6. The standard InChI is InChI=1S/C15H14N4O5/c1-24-13-7-9(6-12(14(13)20)19(22)23)8-17-18-15(21)10-2-4-11(16)5-3-10/h2-8,20H,16H2,1H3,(H,18,21)/b17-8+. The summed E-state index contributed by atoms with van der Waals surface area (Å²) in [6, 6.07) is 8.68. The lowest BCUT2D eigenvalue weighted by molar-refractivity contribution is -0.386. The number of phenols is 1. The minimum absolute atomic E-state index is 0.0736. The summed E-state index contributed by atoms with van der Waals surface area (Å²) in [6.07, 6.45) is 1.20. The predicted octanol–water partition coefficient (Wildman–Crippen LogP) is 1.66. The zero-order valence-corrected chi connectivity index (χ0v) is 12.6. The number of ether oxygens (including phenoxy) is 1. The van der Waals surface area contributed by atoms with Gasteiger partial charge in [-0.05, 0) is 30.3 Å². The lowest BCUT2D eigenvalue weighted by Gasteiger charge is -2.05. The van der Waals surface area contributed by atoms with Gasteiger partial charge in [-0.15, -0.1) is 0 Å². The van der Waals surface area contributed by atoms with Crippen molar-refractivity contribution in [2.45, 2.75) is 0 Å². The van der Waals surface area contributed by atoms with Crippen LogP contribution in [-0.2, 0) is 0 Å². The van der Waals surface area contributed by atoms with Gasteiger partial charge >= 0.3 is 5.69 Å². The SMILES string of the molecule is COc1cc(/C=N/NC(=O)c2ccc(N)cc2)cc([N+](=O)[O-])c1O. The van der Waals surface area contributed by atoms with E-state index in [9.17, 15) is 20.0 Å². The molecule has 124 valence electrons. The van der Waals surface area contributed by atoms with E-state index in [1.165, 1.54) is 31.5 Å². The number of hydrazone groups is 1. The number of benzene rings is 2. The van der Waals surface area contributed by atoms with Crippen LogP contribution in [-0.4, -0.2) is 29.3 Å². The molecule has 2 aromatic rings. The van der Waals surface area contributed by atoms with E-state index in [0.29, 0.717) is 11.3 Å². The van der Waals surface area contributed by atoms with Gasteiger partial charge < -0.3 is 15.6 Å². The predicted molar refractivity (Wildman–Crippen MR) is 87.2 cm³/mol. The Morgan fingerprint density at radius 2 is 2.04 bits per heavy atom. The lowest BCUT2D eigenvalue weighted by atomic mass is 10.2. The summed E-state index contributed by atoms with van der Waals surface area (Å²) in [7, 11) is 1.27. The van der Waals surface area contributed by atoms with Crippen molar-refractivity contribution in [3.8, 4) is 11.5 Å². The molecular weight excluding hydrogens is 316 g/mol. The van der Waals surface area contributed by atoms with E-state index in [4.69, 9.17) is 10.5 Å². The molecule has 24 heavy (non-hydrogen) atoms. The molecular formula is C15H14N4O5. The van der Waals surface area contributed by atoms with Crippen LogP contribution in [0.5, 0.6) is 11.5 Å². The first-order valence-electron chi connectivity index (χ1n) is 6.66. The summed E-state index contributed by atoms with van der Waals surface area (Å²) in [5.74, 6) is -1.12. The number of aromatic hydroxyl groups is 1. The number of hydrogen-bond acceptors (Lipinski definition) is 7. The number of hydrogen-bond donors (Lipinski definition) is 3. The zero-order chi connectivity index (χ0) is 17.7. The highest BCUT2D eigenvalue weighted by molar-refractivity contribution is 5.95. The third-order valence-corrected chi connectivity index (χ3v) is 3.05. The third-order valence-electron chi connectivity index (χ3n) is 3.05. The van der Waals surface area contributed by atoms with Gasteiger partial charge in [-0.1, -0.05) is 0 Å². The highest BCUT2D eigenvalue weighted by Gasteiger charge is 2.19. The molecule has 0 aliphatic rings. The molecule has 0 aliphatic carbocycles. The summed E-state index contributed by atoms with van der Waals surface area (Å²) in [5.41, 5.74) is 8.45. The van der Waals surface area contributed by atoms with Crippen LogP contribution in [0.3, 0.4) is 0 Å². The van der Waals surface area contributed by atoms with Crippen molar-refractivity contribution >= 4 is 23.5 Å². The number of amides is 1. The molecule has 1 amide bonds. The van der Waals surface area contributed by atoms with Gasteiger partial charge in [0.2, 0.25) is 5.75 Å². The first kappa shape index (κ1) is 16.7. The number of nitro groups is 1. The van der Waals surface area contributed by atoms with Crippen molar-refractivity contribution in [3.05, 3.63) is 57.6 Å². The van der Waals surface area contributed by atoms with Crippen molar-refractivity contribution in [1.82, 2.24) is 5.43 Å². The Morgan fingerprint density at radius 1 is 1.38 bits per heavy atom. The molecule has 9 heteroatoms. The van der Waals surface area contributed by atoms with Gasteiger partial charge in [-0.25, -0.2) is 5.43 Å². The van der Waals surface area contributed by atoms with Crippen LogP contribution >= 0.6 is 0 Å². The van der Waals surface area contributed by atoms with Gasteiger partial charge in [-0.2, -0.15) is 5.10 Å². The number of methoxy groups -OCH3 is 1. The smallest absolute Gasteiger partial charge is 0.315 e. The number of carbonyl (C=O) groups excluding carboxylic acids is 1. The third kappa shape index (κ3) is 3.77. The highest BCUT2D eigenvalue weighted by atomic mass is 16.6. The van der Waals surface area contributed by atoms with Crippen molar-refractivity contribution < 1.29 is 19.6 Å². The van der Waals surface area contributed by atoms with Crippen LogP contribution in [0.2, 0.25) is 0 Å². The van der Waals surface area contributed by atoms with E-state index in [-0.39, 0.29) is 11.3 Å². The molecule has 0 aromatic heterocycles. The van der Waals surface area contributed by atoms with E-state index in [2.05, 4.69) is 10.5 Å². The second kappa shape index (κ2) is 7.09. The molecule has 0 unspecified atom stereocenters. The van der Waals surface area contributed by atoms with Gasteiger partial charge in [0.15, 0.2) is 5.75 Å². The van der Waals surface area contributed by atoms with Crippen LogP contribution in [0.1, 0.15) is 15.9 Å². The van der Waals surface area contributed by atoms with Crippen LogP contribution < -0.4 is 15.9 Å². The maximum Gasteiger partial charge on any atom is 0.315 e. The molecule has 0 aliphatic heterocycles. The Bertz CT molecular complexity index is 802. The largest absolute Gasteiger partial charge is 0.500 e. The Kier molecular flexibility index (Phi) is 4.95. The monoisotopic (exact) mass is 330 g/mol. The van der Waals surface area contributed by atoms with Gasteiger partial charge in [-0.3, -0.25) is 14.9 Å². The number of nitrogens with one attached hydrogen (secondary N) is 1. The van der Waals surface area contributed by atoms with Crippen molar-refractivity contribution in [2.24, 2.45) is 5.10 Å². The topological polar surface area (TPSA) is 140 Å². The second-order valence-corrected chi connectivity index (χ2v) is 4.67. The summed E-state index contributed by atoms with van der Waals surface area (Å²) in [6.45, 7) is 0. The first-order valence-corrected chi connectivity index (χ1v) is 6.66. The van der Waals surface area contributed by atoms with Gasteiger partial charge in [0.25, 0.3) is 5.91 Å². The second-order valence-electron chi connectivity index (χ2n) is 4.67. The minimum Gasteiger partial charge on any atom is -0.500 e. The number of nitrogen functional groups attached to an aromatic ring is 1. The molecule has 2 rings (SSSR count). The number of nitro benzene ring substituents is 1. The summed E-state index contributed by atoms with van der Waals surface area (Å²) in [5, 5.41) is 24.3. The number of rotatable bonds is 5. The number of phenolic OH excluding ortho intramolecular Hbond substituents is 1. The van der Waals surface area contributed by atoms with E-state index in [1.807, 2.05) is 0 Å². The summed E-state index contributed by atoms with van der Waals surface area (Å²) < 4.78 is 4.87. The number of nitrogens with two attached hydrogens (primary N) is 1. The molecule has 0 saturated carbocycles. The van der Waals surface area contributed by atoms with E-state index >= 15 is 0 Å². The molecule has 4 N–H and O–H groups in total. The summed E-state index contributed by atoms with van der Waals surface area (Å²) in [4.78, 5) is 22.0. The number of anilines is 1. The average Bonchev–Trinajstić information content (AvgIpc) is 2.56. The molecule has 0 atom stereocenters.